The molecule has 0 bridgehead atoms. The molecule has 0 spiro atoms. The van der Waals surface area contributed by atoms with Crippen LogP contribution >= 0.6 is 11.6 Å². The highest BCUT2D eigenvalue weighted by Gasteiger charge is 2.50. The van der Waals surface area contributed by atoms with Crippen LogP contribution in [0.1, 0.15) is 18.9 Å². The quantitative estimate of drug-likeness (QED) is 0.530. The predicted octanol–water partition coefficient (Wildman–Crippen LogP) is 3.80. The number of rotatable bonds is 5. The predicted molar refractivity (Wildman–Crippen MR) is 104 cm³/mol. The molecule has 3 rings (SSSR count). The molecule has 1 heterocycles. The minimum atomic E-state index is -1.44. The molecule has 2 aliphatic rings. The van der Waals surface area contributed by atoms with Crippen molar-refractivity contribution < 1.29 is 19.8 Å². The van der Waals surface area contributed by atoms with E-state index in [1.165, 1.54) is 18.2 Å². The summed E-state index contributed by atoms with van der Waals surface area (Å²) in [6, 6.07) is 9.57. The van der Waals surface area contributed by atoms with Crippen LogP contribution in [0.2, 0.25) is 0 Å². The zero-order chi connectivity index (χ0) is 19.7. The van der Waals surface area contributed by atoms with Gasteiger partial charge in [-0.1, -0.05) is 73.2 Å². The number of carbonyl (C=O) groups is 2. The zero-order valence-electron chi connectivity index (χ0n) is 14.7. The average molecular weight is 386 g/mol. The summed E-state index contributed by atoms with van der Waals surface area (Å²) < 4.78 is 0. The van der Waals surface area contributed by atoms with Gasteiger partial charge in [0.25, 0.3) is 0 Å². The lowest BCUT2D eigenvalue weighted by Crippen LogP contribution is -2.49. The van der Waals surface area contributed by atoms with Gasteiger partial charge in [0.05, 0.1) is 5.41 Å². The maximum atomic E-state index is 12.2. The number of benzene rings is 1. The topological polar surface area (TPSA) is 86.6 Å². The molecule has 1 aliphatic carbocycles. The molecule has 5 nitrogen and oxygen atoms in total. The number of aliphatic carboxylic acids is 2. The number of dihydropyridines is 1. The van der Waals surface area contributed by atoms with Gasteiger partial charge < -0.3 is 15.5 Å². The van der Waals surface area contributed by atoms with Gasteiger partial charge in [-0.2, -0.15) is 0 Å². The van der Waals surface area contributed by atoms with E-state index in [0.29, 0.717) is 0 Å². The molecule has 0 fully saturated rings. The first-order valence-corrected chi connectivity index (χ1v) is 8.93. The third-order valence-corrected chi connectivity index (χ3v) is 5.51. The molecule has 3 unspecified atom stereocenters. The maximum absolute atomic E-state index is 12.2. The highest BCUT2D eigenvalue weighted by Crippen LogP contribution is 2.46. The molecule has 6 heteroatoms. The molecule has 1 aliphatic heterocycles. The standard InChI is InChI=1S/C21H20ClNO4/c1-14-16(18(24)25)9-5-11-20(14,19(26)27)13-21(22)12-6-10-17(23-21)15-7-3-2-4-8-15/h2-12,14,23H,13H2,1H3,(H,24,25)(H,26,27). The first kappa shape index (κ1) is 19.0. The van der Waals surface area contributed by atoms with Crippen LogP contribution in [-0.4, -0.2) is 27.1 Å². The molecule has 0 amide bonds. The minimum Gasteiger partial charge on any atom is -0.481 e. The van der Waals surface area contributed by atoms with E-state index in [2.05, 4.69) is 5.32 Å². The monoisotopic (exact) mass is 385 g/mol. The van der Waals surface area contributed by atoms with Crippen LogP contribution in [0.5, 0.6) is 0 Å². The molecule has 1 aromatic rings. The number of hydrogen-bond donors (Lipinski definition) is 3. The van der Waals surface area contributed by atoms with Gasteiger partial charge in [-0.15, -0.1) is 0 Å². The van der Waals surface area contributed by atoms with Gasteiger partial charge in [0.1, 0.15) is 5.00 Å². The largest absolute Gasteiger partial charge is 0.481 e. The lowest BCUT2D eigenvalue weighted by atomic mass is 9.66. The number of halogens is 1. The average Bonchev–Trinajstić information content (AvgIpc) is 2.63. The van der Waals surface area contributed by atoms with Crippen LogP contribution in [0.3, 0.4) is 0 Å². The van der Waals surface area contributed by atoms with Crippen LogP contribution < -0.4 is 5.32 Å². The van der Waals surface area contributed by atoms with E-state index < -0.39 is 28.3 Å². The maximum Gasteiger partial charge on any atom is 0.331 e. The van der Waals surface area contributed by atoms with Gasteiger partial charge >= 0.3 is 11.9 Å². The normalized spacial score (nSPS) is 29.5. The van der Waals surface area contributed by atoms with E-state index >= 15 is 0 Å². The number of hydrogen-bond acceptors (Lipinski definition) is 3. The van der Waals surface area contributed by atoms with Crippen molar-refractivity contribution in [2.75, 3.05) is 0 Å². The second-order valence-electron chi connectivity index (χ2n) is 6.82. The molecule has 3 N–H and O–H groups in total. The lowest BCUT2D eigenvalue weighted by molar-refractivity contribution is -0.149. The SMILES string of the molecule is CC1C(C(=O)O)=CC=CC1(CC1(Cl)C=CC=C(c2ccccc2)N1)C(=O)O. The van der Waals surface area contributed by atoms with Crippen LogP contribution in [0.4, 0.5) is 0 Å². The Hall–Kier alpha value is -2.79. The van der Waals surface area contributed by atoms with Gasteiger partial charge in [0.2, 0.25) is 0 Å². The molecule has 27 heavy (non-hydrogen) atoms. The fraction of sp³-hybridized carbons (Fsp3) is 0.238. The smallest absolute Gasteiger partial charge is 0.331 e. The minimum absolute atomic E-state index is 0.0140. The van der Waals surface area contributed by atoms with E-state index in [4.69, 9.17) is 11.6 Å². The van der Waals surface area contributed by atoms with E-state index in [-0.39, 0.29) is 12.0 Å². The first-order valence-electron chi connectivity index (χ1n) is 8.55. The summed E-state index contributed by atoms with van der Waals surface area (Å²) in [7, 11) is 0. The highest BCUT2D eigenvalue weighted by atomic mass is 35.5. The van der Waals surface area contributed by atoms with E-state index in [0.717, 1.165) is 11.3 Å². The van der Waals surface area contributed by atoms with Crippen molar-refractivity contribution in [3.05, 3.63) is 77.9 Å². The third-order valence-electron chi connectivity index (χ3n) is 5.15. The first-order chi connectivity index (χ1) is 12.8. The second-order valence-corrected chi connectivity index (χ2v) is 7.50. The van der Waals surface area contributed by atoms with Crippen LogP contribution in [0.25, 0.3) is 5.70 Å². The van der Waals surface area contributed by atoms with Gasteiger partial charge in [0.15, 0.2) is 0 Å². The summed E-state index contributed by atoms with van der Waals surface area (Å²) in [5.41, 5.74) is 0.309. The molecule has 3 atom stereocenters. The van der Waals surface area contributed by atoms with Crippen molar-refractivity contribution in [1.29, 1.82) is 0 Å². The van der Waals surface area contributed by atoms with Crippen molar-refractivity contribution in [3.63, 3.8) is 0 Å². The van der Waals surface area contributed by atoms with Crippen LogP contribution in [-0.2, 0) is 9.59 Å². The van der Waals surface area contributed by atoms with Crippen molar-refractivity contribution >= 4 is 29.2 Å². The number of carboxylic acid groups (broad SMARTS) is 2. The second kappa shape index (κ2) is 7.08. The summed E-state index contributed by atoms with van der Waals surface area (Å²) >= 11 is 6.78. The fourth-order valence-corrected chi connectivity index (χ4v) is 4.00. The van der Waals surface area contributed by atoms with Crippen molar-refractivity contribution in [2.45, 2.75) is 18.3 Å². The number of carboxylic acids is 2. The Bertz CT molecular complexity index is 887. The Morgan fingerprint density at radius 3 is 2.41 bits per heavy atom. The van der Waals surface area contributed by atoms with Crippen molar-refractivity contribution in [2.24, 2.45) is 11.3 Å². The molecule has 0 radical (unpaired) electrons. The van der Waals surface area contributed by atoms with Crippen molar-refractivity contribution in [3.8, 4) is 0 Å². The van der Waals surface area contributed by atoms with Gasteiger partial charge in [-0.3, -0.25) is 4.79 Å². The van der Waals surface area contributed by atoms with Crippen molar-refractivity contribution in [1.82, 2.24) is 5.32 Å². The Labute approximate surface area is 162 Å². The Balaban J connectivity index is 1.92. The summed E-state index contributed by atoms with van der Waals surface area (Å²) in [6.45, 7) is 1.61. The van der Waals surface area contributed by atoms with Crippen LogP contribution in [0, 0.1) is 11.3 Å². The summed E-state index contributed by atoms with van der Waals surface area (Å²) in [5, 5.41) is 22.6. The highest BCUT2D eigenvalue weighted by molar-refractivity contribution is 6.26. The van der Waals surface area contributed by atoms with Gasteiger partial charge in [-0.25, -0.2) is 4.79 Å². The Morgan fingerprint density at radius 2 is 1.78 bits per heavy atom. The molecule has 0 saturated carbocycles. The summed E-state index contributed by atoms with van der Waals surface area (Å²) in [4.78, 5) is 22.6. The van der Waals surface area contributed by atoms with E-state index in [9.17, 15) is 19.8 Å². The van der Waals surface area contributed by atoms with Crippen LogP contribution in [0.15, 0.2) is 72.4 Å². The molecular formula is C21H20ClNO4. The number of allylic oxidation sites excluding steroid dienone is 4. The summed E-state index contributed by atoms with van der Waals surface area (Å²) in [6.07, 6.45) is 9.79. The van der Waals surface area contributed by atoms with E-state index in [1.807, 2.05) is 36.4 Å². The Kier molecular flexibility index (Phi) is 4.98. The summed E-state index contributed by atoms with van der Waals surface area (Å²) in [5.74, 6) is -2.98. The molecule has 1 aromatic carbocycles. The molecule has 0 saturated heterocycles. The molecular weight excluding hydrogens is 366 g/mol. The Morgan fingerprint density at radius 1 is 1.11 bits per heavy atom. The number of nitrogens with one attached hydrogen (secondary N) is 1. The molecule has 0 aromatic heterocycles. The fourth-order valence-electron chi connectivity index (χ4n) is 3.61. The van der Waals surface area contributed by atoms with E-state index in [1.54, 1.807) is 19.1 Å². The zero-order valence-corrected chi connectivity index (χ0v) is 15.5. The molecule has 140 valence electrons. The number of alkyl halides is 1. The third kappa shape index (κ3) is 3.55. The van der Waals surface area contributed by atoms with Gasteiger partial charge in [-0.05, 0) is 17.7 Å². The van der Waals surface area contributed by atoms with Gasteiger partial charge in [0, 0.05) is 23.6 Å². The lowest BCUT2D eigenvalue weighted by Gasteiger charge is -2.41.